The lowest BCUT2D eigenvalue weighted by Crippen LogP contribution is -2.49. The number of benzene rings is 2. The molecule has 4 heteroatoms. The van der Waals surface area contributed by atoms with E-state index in [-0.39, 0.29) is 0 Å². The molecule has 2 bridgehead atoms. The summed E-state index contributed by atoms with van der Waals surface area (Å²) in [5.41, 5.74) is 3.32. The second-order valence-electron chi connectivity index (χ2n) is 7.74. The van der Waals surface area contributed by atoms with Gasteiger partial charge >= 0.3 is 0 Å². The lowest BCUT2D eigenvalue weighted by atomic mass is 9.80. The summed E-state index contributed by atoms with van der Waals surface area (Å²) in [5.74, 6) is 0. The molecule has 0 amide bonds. The summed E-state index contributed by atoms with van der Waals surface area (Å²) in [6.07, 6.45) is 7.35. The van der Waals surface area contributed by atoms with Gasteiger partial charge in [-0.3, -0.25) is 14.9 Å². The Kier molecular flexibility index (Phi) is 3.76. The number of nitrogens with zero attached hydrogens (tertiary/aromatic N) is 3. The average molecular weight is 345 g/mol. The molecule has 2 unspecified atom stereocenters. The largest absolute Gasteiger partial charge is 0.385 e. The van der Waals surface area contributed by atoms with Gasteiger partial charge < -0.3 is 5.11 Å². The maximum absolute atomic E-state index is 11.5. The van der Waals surface area contributed by atoms with Crippen LogP contribution in [0.1, 0.15) is 36.8 Å². The van der Waals surface area contributed by atoms with E-state index in [1.807, 2.05) is 18.2 Å². The van der Waals surface area contributed by atoms with Crippen molar-refractivity contribution in [2.75, 3.05) is 0 Å². The van der Waals surface area contributed by atoms with E-state index in [0.29, 0.717) is 12.1 Å². The molecule has 4 nitrogen and oxygen atoms in total. The Morgan fingerprint density at radius 2 is 1.62 bits per heavy atom. The number of aromatic nitrogens is 2. The van der Waals surface area contributed by atoms with Crippen LogP contribution in [0.25, 0.3) is 11.0 Å². The van der Waals surface area contributed by atoms with Gasteiger partial charge in [-0.05, 0) is 48.9 Å². The van der Waals surface area contributed by atoms with Crippen LogP contribution in [0.2, 0.25) is 0 Å². The first-order chi connectivity index (χ1) is 12.7. The van der Waals surface area contributed by atoms with Crippen molar-refractivity contribution in [2.24, 2.45) is 0 Å². The first-order valence-electron chi connectivity index (χ1n) is 9.45. The van der Waals surface area contributed by atoms with E-state index in [4.69, 9.17) is 0 Å². The molecule has 2 saturated heterocycles. The Hall–Kier alpha value is -2.30. The number of aliphatic hydroxyl groups is 1. The molecular weight excluding hydrogens is 322 g/mol. The minimum Gasteiger partial charge on any atom is -0.385 e. The van der Waals surface area contributed by atoms with Crippen LogP contribution in [-0.2, 0) is 12.1 Å². The number of hydrogen-bond acceptors (Lipinski definition) is 4. The molecule has 3 heterocycles. The molecule has 0 spiro atoms. The third-order valence-corrected chi connectivity index (χ3v) is 6.13. The van der Waals surface area contributed by atoms with Gasteiger partial charge in [0.05, 0.1) is 16.6 Å². The molecule has 2 aliphatic rings. The lowest BCUT2D eigenvalue weighted by molar-refractivity contribution is -0.0594. The molecule has 0 saturated carbocycles. The second kappa shape index (κ2) is 6.15. The van der Waals surface area contributed by atoms with Crippen molar-refractivity contribution in [3.8, 4) is 0 Å². The minimum absolute atomic E-state index is 0.441. The van der Waals surface area contributed by atoms with Gasteiger partial charge in [-0.1, -0.05) is 36.4 Å². The van der Waals surface area contributed by atoms with Crippen LogP contribution in [0.4, 0.5) is 0 Å². The van der Waals surface area contributed by atoms with Crippen LogP contribution in [0.3, 0.4) is 0 Å². The van der Waals surface area contributed by atoms with E-state index in [9.17, 15) is 5.11 Å². The zero-order chi connectivity index (χ0) is 17.6. The van der Waals surface area contributed by atoms with Gasteiger partial charge in [-0.15, -0.1) is 0 Å². The zero-order valence-electron chi connectivity index (χ0n) is 14.8. The molecule has 1 aromatic heterocycles. The monoisotopic (exact) mass is 345 g/mol. The molecule has 2 aromatic carbocycles. The summed E-state index contributed by atoms with van der Waals surface area (Å²) < 4.78 is 0. The second-order valence-corrected chi connectivity index (χ2v) is 7.74. The van der Waals surface area contributed by atoms with Crippen LogP contribution in [0, 0.1) is 0 Å². The van der Waals surface area contributed by atoms with E-state index in [0.717, 1.165) is 36.0 Å². The number of hydrogen-bond donors (Lipinski definition) is 1. The van der Waals surface area contributed by atoms with Crippen LogP contribution < -0.4 is 0 Å². The summed E-state index contributed by atoms with van der Waals surface area (Å²) in [6.45, 7) is 0.982. The van der Waals surface area contributed by atoms with E-state index in [2.05, 4.69) is 45.2 Å². The quantitative estimate of drug-likeness (QED) is 0.787. The molecule has 1 N–H and O–H groups in total. The maximum atomic E-state index is 11.5. The van der Waals surface area contributed by atoms with Crippen molar-refractivity contribution >= 4 is 11.0 Å². The van der Waals surface area contributed by atoms with Gasteiger partial charge in [-0.25, -0.2) is 0 Å². The predicted molar refractivity (Wildman–Crippen MR) is 101 cm³/mol. The van der Waals surface area contributed by atoms with E-state index >= 15 is 0 Å². The maximum Gasteiger partial charge on any atom is 0.0927 e. The summed E-state index contributed by atoms with van der Waals surface area (Å²) >= 11 is 0. The predicted octanol–water partition coefficient (Wildman–Crippen LogP) is 3.64. The van der Waals surface area contributed by atoms with Crippen molar-refractivity contribution in [3.05, 3.63) is 72.1 Å². The topological polar surface area (TPSA) is 49.3 Å². The fourth-order valence-electron chi connectivity index (χ4n) is 4.86. The smallest absolute Gasteiger partial charge is 0.0927 e. The third kappa shape index (κ3) is 2.70. The van der Waals surface area contributed by atoms with E-state index < -0.39 is 5.60 Å². The molecule has 5 rings (SSSR count). The fraction of sp³-hybridized carbons (Fsp3) is 0.364. The molecule has 3 aromatic rings. The van der Waals surface area contributed by atoms with Gasteiger partial charge in [0.15, 0.2) is 0 Å². The average Bonchev–Trinajstić information content (AvgIpc) is 2.92. The van der Waals surface area contributed by atoms with Gasteiger partial charge in [0.1, 0.15) is 0 Å². The Balaban J connectivity index is 1.42. The minimum atomic E-state index is -0.759. The van der Waals surface area contributed by atoms with Crippen LogP contribution in [0.5, 0.6) is 0 Å². The molecule has 2 aliphatic heterocycles. The Morgan fingerprint density at radius 1 is 0.923 bits per heavy atom. The van der Waals surface area contributed by atoms with Crippen LogP contribution >= 0.6 is 0 Å². The van der Waals surface area contributed by atoms with Crippen molar-refractivity contribution in [3.63, 3.8) is 0 Å². The highest BCUT2D eigenvalue weighted by Gasteiger charge is 2.48. The standard InChI is InChI=1S/C22H23N3O/c26-22(17-6-9-20-21(12-17)24-11-10-23-20)13-18-7-8-19(14-22)25(18)15-16-4-2-1-3-5-16/h1-6,9-12,18-19,26H,7-8,13-15H2. The van der Waals surface area contributed by atoms with Gasteiger partial charge in [0, 0.05) is 31.0 Å². The van der Waals surface area contributed by atoms with E-state index in [1.54, 1.807) is 12.4 Å². The molecule has 0 radical (unpaired) electrons. The molecule has 26 heavy (non-hydrogen) atoms. The highest BCUT2D eigenvalue weighted by atomic mass is 16.3. The van der Waals surface area contributed by atoms with Crippen molar-refractivity contribution in [1.82, 2.24) is 14.9 Å². The number of piperidine rings is 1. The fourth-order valence-corrected chi connectivity index (χ4v) is 4.86. The first-order valence-corrected chi connectivity index (χ1v) is 9.45. The Labute approximate surface area is 153 Å². The molecule has 132 valence electrons. The number of fused-ring (bicyclic) bond motifs is 3. The van der Waals surface area contributed by atoms with Crippen molar-refractivity contribution < 1.29 is 5.11 Å². The summed E-state index contributed by atoms with van der Waals surface area (Å²) in [4.78, 5) is 11.3. The molecular formula is C22H23N3O. The lowest BCUT2D eigenvalue weighted by Gasteiger charge is -2.44. The van der Waals surface area contributed by atoms with Gasteiger partial charge in [0.25, 0.3) is 0 Å². The zero-order valence-corrected chi connectivity index (χ0v) is 14.8. The molecule has 0 aliphatic carbocycles. The van der Waals surface area contributed by atoms with Gasteiger partial charge in [0.2, 0.25) is 0 Å². The Bertz CT molecular complexity index is 913. The Morgan fingerprint density at radius 3 is 2.35 bits per heavy atom. The van der Waals surface area contributed by atoms with E-state index in [1.165, 1.54) is 18.4 Å². The highest BCUT2D eigenvalue weighted by Crippen LogP contribution is 2.46. The van der Waals surface area contributed by atoms with Gasteiger partial charge in [-0.2, -0.15) is 0 Å². The summed E-state index contributed by atoms with van der Waals surface area (Å²) in [5, 5.41) is 11.5. The van der Waals surface area contributed by atoms with Crippen molar-refractivity contribution in [1.29, 1.82) is 0 Å². The normalized spacial score (nSPS) is 28.5. The molecule has 2 fully saturated rings. The SMILES string of the molecule is OC1(c2ccc3nccnc3c2)CC2CCC(C1)N2Cc1ccccc1. The van der Waals surface area contributed by atoms with Crippen LogP contribution in [0.15, 0.2) is 60.9 Å². The number of rotatable bonds is 3. The molecule has 2 atom stereocenters. The first kappa shape index (κ1) is 15.9. The summed E-state index contributed by atoms with van der Waals surface area (Å²) in [6, 6.07) is 17.6. The summed E-state index contributed by atoms with van der Waals surface area (Å²) in [7, 11) is 0. The third-order valence-electron chi connectivity index (χ3n) is 6.13. The van der Waals surface area contributed by atoms with Crippen molar-refractivity contribution in [2.45, 2.75) is 49.9 Å². The van der Waals surface area contributed by atoms with Crippen LogP contribution in [-0.4, -0.2) is 32.1 Å². The highest BCUT2D eigenvalue weighted by molar-refractivity contribution is 5.74.